The summed E-state index contributed by atoms with van der Waals surface area (Å²) in [6.45, 7) is 6.28. The van der Waals surface area contributed by atoms with E-state index in [0.29, 0.717) is 0 Å². The molecule has 0 fully saturated rings. The van der Waals surface area contributed by atoms with Gasteiger partial charge >= 0.3 is 6.09 Å². The fourth-order valence-electron chi connectivity index (χ4n) is 0.861. The number of nitrogens with one attached hydrogen (secondary N) is 2. The van der Waals surface area contributed by atoms with Crippen molar-refractivity contribution in [2.24, 2.45) is 4.99 Å². The summed E-state index contributed by atoms with van der Waals surface area (Å²) in [7, 11) is 0. The number of rotatable bonds is 2. The maximum absolute atomic E-state index is 11.4. The third-order valence-corrected chi connectivity index (χ3v) is 2.10. The smallest absolute Gasteiger partial charge is 0.436 e. The van der Waals surface area contributed by atoms with Crippen LogP contribution in [0.5, 0.6) is 0 Å². The van der Waals surface area contributed by atoms with Crippen molar-refractivity contribution in [2.75, 3.05) is 12.8 Å². The van der Waals surface area contributed by atoms with E-state index in [9.17, 15) is 14.4 Å². The Kier molecular flexibility index (Phi) is 7.13. The molecule has 0 aliphatic heterocycles. The van der Waals surface area contributed by atoms with Crippen molar-refractivity contribution < 1.29 is 19.1 Å². The van der Waals surface area contributed by atoms with Crippen LogP contribution >= 0.6 is 11.8 Å². The van der Waals surface area contributed by atoms with Gasteiger partial charge in [-0.25, -0.2) is 4.79 Å². The predicted molar refractivity (Wildman–Crippen MR) is 74.0 cm³/mol. The van der Waals surface area contributed by atoms with Crippen LogP contribution in [0.2, 0.25) is 0 Å². The summed E-state index contributed by atoms with van der Waals surface area (Å²) in [5, 5.41) is 4.85. The first-order valence-electron chi connectivity index (χ1n) is 5.54. The highest BCUT2D eigenvalue weighted by Crippen LogP contribution is 2.08. The van der Waals surface area contributed by atoms with Gasteiger partial charge in [0, 0.05) is 6.92 Å². The number of thioether (sulfide) groups is 1. The number of carbonyl (C=O) groups is 3. The Morgan fingerprint density at radius 3 is 2.26 bits per heavy atom. The van der Waals surface area contributed by atoms with Crippen LogP contribution in [0.15, 0.2) is 4.99 Å². The molecule has 3 amide bonds. The molecule has 19 heavy (non-hydrogen) atoms. The number of aliphatic imine (C=N–C) groups is 1. The van der Waals surface area contributed by atoms with Crippen molar-refractivity contribution in [3.05, 3.63) is 0 Å². The molecule has 0 aliphatic carbocycles. The molecule has 0 saturated heterocycles. The van der Waals surface area contributed by atoms with Gasteiger partial charge in [0.05, 0.1) is 6.54 Å². The summed E-state index contributed by atoms with van der Waals surface area (Å²) >= 11 is 1.09. The largest absolute Gasteiger partial charge is 0.442 e. The molecule has 0 unspecified atom stereocenters. The molecular formula is C11H19N3O4S. The van der Waals surface area contributed by atoms with Crippen LogP contribution in [-0.2, 0) is 14.3 Å². The van der Waals surface area contributed by atoms with Gasteiger partial charge in [-0.2, -0.15) is 4.99 Å². The Hall–Kier alpha value is -1.57. The van der Waals surface area contributed by atoms with Crippen molar-refractivity contribution in [3.8, 4) is 0 Å². The van der Waals surface area contributed by atoms with E-state index in [2.05, 4.69) is 15.6 Å². The number of hydrogen-bond acceptors (Lipinski definition) is 5. The number of amidine groups is 1. The zero-order chi connectivity index (χ0) is 15.1. The summed E-state index contributed by atoms with van der Waals surface area (Å²) in [4.78, 5) is 37.1. The molecule has 0 aromatic heterocycles. The van der Waals surface area contributed by atoms with Crippen molar-refractivity contribution in [3.63, 3.8) is 0 Å². The van der Waals surface area contributed by atoms with E-state index in [1.165, 1.54) is 6.92 Å². The molecule has 0 heterocycles. The molecular weight excluding hydrogens is 270 g/mol. The number of carbonyl (C=O) groups excluding carboxylic acids is 3. The summed E-state index contributed by atoms with van der Waals surface area (Å²) < 4.78 is 4.99. The van der Waals surface area contributed by atoms with Gasteiger partial charge in [0.1, 0.15) is 5.60 Å². The minimum absolute atomic E-state index is 0.115. The van der Waals surface area contributed by atoms with Gasteiger partial charge < -0.3 is 15.4 Å². The lowest BCUT2D eigenvalue weighted by Gasteiger charge is -2.17. The van der Waals surface area contributed by atoms with Crippen LogP contribution in [0.25, 0.3) is 0 Å². The second-order valence-corrected chi connectivity index (χ2v) is 5.35. The molecule has 108 valence electrons. The van der Waals surface area contributed by atoms with Gasteiger partial charge in [-0.05, 0) is 27.0 Å². The fraction of sp³-hybridized carbons (Fsp3) is 0.636. The first-order valence-corrected chi connectivity index (χ1v) is 6.76. The van der Waals surface area contributed by atoms with Crippen LogP contribution in [0.3, 0.4) is 0 Å². The van der Waals surface area contributed by atoms with Crippen LogP contribution in [0.4, 0.5) is 4.79 Å². The van der Waals surface area contributed by atoms with Crippen LogP contribution in [0.1, 0.15) is 27.7 Å². The Morgan fingerprint density at radius 1 is 1.26 bits per heavy atom. The third-order valence-electron chi connectivity index (χ3n) is 1.52. The predicted octanol–water partition coefficient (Wildman–Crippen LogP) is 0.893. The highest BCUT2D eigenvalue weighted by molar-refractivity contribution is 8.13. The lowest BCUT2D eigenvalue weighted by molar-refractivity contribution is -0.124. The Balaban J connectivity index is 4.44. The van der Waals surface area contributed by atoms with E-state index in [-0.39, 0.29) is 17.6 Å². The van der Waals surface area contributed by atoms with Crippen molar-refractivity contribution in [1.82, 2.24) is 10.6 Å². The molecule has 0 aliphatic rings. The fourth-order valence-corrected chi connectivity index (χ4v) is 1.24. The van der Waals surface area contributed by atoms with Crippen LogP contribution in [-0.4, -0.2) is 41.5 Å². The first kappa shape index (κ1) is 17.4. The minimum atomic E-state index is -0.781. The SMILES string of the molecule is CSC(=NC(=O)OC(C)(C)C)NC(=O)CNC(C)=O. The molecule has 0 atom stereocenters. The van der Waals surface area contributed by atoms with E-state index in [4.69, 9.17) is 4.74 Å². The van der Waals surface area contributed by atoms with E-state index in [1.54, 1.807) is 27.0 Å². The van der Waals surface area contributed by atoms with Gasteiger partial charge in [-0.1, -0.05) is 11.8 Å². The molecule has 2 N–H and O–H groups in total. The van der Waals surface area contributed by atoms with Crippen molar-refractivity contribution >= 4 is 34.8 Å². The zero-order valence-corrected chi connectivity index (χ0v) is 12.5. The van der Waals surface area contributed by atoms with Crippen LogP contribution < -0.4 is 10.6 Å². The molecule has 0 aromatic carbocycles. The highest BCUT2D eigenvalue weighted by atomic mass is 32.2. The van der Waals surface area contributed by atoms with Gasteiger partial charge in [0.25, 0.3) is 0 Å². The van der Waals surface area contributed by atoms with Crippen LogP contribution in [0, 0.1) is 0 Å². The standard InChI is InChI=1S/C11H19N3O4S/c1-7(15)12-6-8(16)13-9(19-5)14-10(17)18-11(2,3)4/h6H2,1-5H3,(H,12,15)(H,13,14,16,17). The first-order chi connectivity index (χ1) is 8.64. The monoisotopic (exact) mass is 289 g/mol. The molecule has 7 nitrogen and oxygen atoms in total. The maximum Gasteiger partial charge on any atom is 0.436 e. The molecule has 0 aromatic rings. The lowest BCUT2D eigenvalue weighted by atomic mass is 10.2. The quantitative estimate of drug-likeness (QED) is 0.581. The molecule has 8 heteroatoms. The Bertz CT molecular complexity index is 388. The molecule has 0 radical (unpaired) electrons. The lowest BCUT2D eigenvalue weighted by Crippen LogP contribution is -2.38. The normalized spacial score (nSPS) is 11.7. The molecule has 0 spiro atoms. The number of ether oxygens (including phenoxy) is 1. The number of hydrogen-bond donors (Lipinski definition) is 2. The number of amides is 3. The van der Waals surface area contributed by atoms with Gasteiger partial charge in [-0.3, -0.25) is 9.59 Å². The van der Waals surface area contributed by atoms with Gasteiger partial charge in [0.15, 0.2) is 5.17 Å². The van der Waals surface area contributed by atoms with Crippen molar-refractivity contribution in [1.29, 1.82) is 0 Å². The van der Waals surface area contributed by atoms with Gasteiger partial charge in [-0.15, -0.1) is 0 Å². The van der Waals surface area contributed by atoms with E-state index in [0.717, 1.165) is 11.8 Å². The summed E-state index contributed by atoms with van der Waals surface area (Å²) in [6, 6.07) is 0. The third kappa shape index (κ3) is 10.1. The van der Waals surface area contributed by atoms with Gasteiger partial charge in [0.2, 0.25) is 11.8 Å². The van der Waals surface area contributed by atoms with E-state index in [1.807, 2.05) is 0 Å². The van der Waals surface area contributed by atoms with E-state index >= 15 is 0 Å². The average molecular weight is 289 g/mol. The minimum Gasteiger partial charge on any atom is -0.442 e. The summed E-state index contributed by atoms with van der Waals surface area (Å²) in [5.41, 5.74) is -0.649. The highest BCUT2D eigenvalue weighted by Gasteiger charge is 2.16. The summed E-state index contributed by atoms with van der Waals surface area (Å²) in [6.07, 6.45) is 0.874. The second kappa shape index (κ2) is 7.78. The van der Waals surface area contributed by atoms with Crippen molar-refractivity contribution in [2.45, 2.75) is 33.3 Å². The van der Waals surface area contributed by atoms with E-state index < -0.39 is 17.6 Å². The summed E-state index contributed by atoms with van der Waals surface area (Å²) in [5.74, 6) is -0.781. The Labute approximate surface area is 116 Å². The zero-order valence-electron chi connectivity index (χ0n) is 11.7. The topological polar surface area (TPSA) is 96.9 Å². The molecule has 0 bridgehead atoms. The Morgan fingerprint density at radius 2 is 1.84 bits per heavy atom. The molecule has 0 saturated carbocycles. The second-order valence-electron chi connectivity index (χ2n) is 4.56. The molecule has 0 rings (SSSR count). The average Bonchev–Trinajstić information content (AvgIpc) is 2.22. The maximum atomic E-state index is 11.4. The number of nitrogens with zero attached hydrogens (tertiary/aromatic N) is 1.